The van der Waals surface area contributed by atoms with Crippen LogP contribution in [0.25, 0.3) is 11.4 Å². The molecule has 3 N–H and O–H groups in total. The number of rotatable bonds is 8. The number of aromatic nitrogens is 3. The molecule has 1 aromatic heterocycles. The van der Waals surface area contributed by atoms with Gasteiger partial charge >= 0.3 is 0 Å². The largest absolute Gasteiger partial charge is 0.379 e. The third-order valence-electron chi connectivity index (χ3n) is 5.11. The Labute approximate surface area is 196 Å². The predicted molar refractivity (Wildman–Crippen MR) is 131 cm³/mol. The van der Waals surface area contributed by atoms with Gasteiger partial charge in [0.2, 0.25) is 0 Å². The zero-order valence-corrected chi connectivity index (χ0v) is 20.4. The third-order valence-corrected chi connectivity index (χ3v) is 5.11. The summed E-state index contributed by atoms with van der Waals surface area (Å²) in [6.45, 7) is 9.76. The van der Waals surface area contributed by atoms with Crippen molar-refractivity contribution < 1.29 is 4.74 Å². The number of ether oxygens (including phenoxy) is 1. The van der Waals surface area contributed by atoms with Crippen LogP contribution in [-0.2, 0) is 11.3 Å². The van der Waals surface area contributed by atoms with Crippen molar-refractivity contribution >= 4 is 29.9 Å². The van der Waals surface area contributed by atoms with Gasteiger partial charge in [0.15, 0.2) is 11.8 Å². The van der Waals surface area contributed by atoms with E-state index in [9.17, 15) is 0 Å². The van der Waals surface area contributed by atoms with Gasteiger partial charge in [-0.25, -0.2) is 4.98 Å². The molecule has 3 rings (SSSR count). The number of aliphatic imine (C=N–C) groups is 1. The highest BCUT2D eigenvalue weighted by atomic mass is 127. The minimum absolute atomic E-state index is 0. The molecule has 30 heavy (non-hydrogen) atoms. The summed E-state index contributed by atoms with van der Waals surface area (Å²) in [4.78, 5) is 11.1. The molecule has 2 aromatic rings. The van der Waals surface area contributed by atoms with E-state index in [1.165, 1.54) is 6.33 Å². The lowest BCUT2D eigenvalue weighted by Gasteiger charge is -2.35. The highest BCUT2D eigenvalue weighted by Gasteiger charge is 2.22. The third kappa shape index (κ3) is 7.51. The molecule has 0 spiro atoms. The van der Waals surface area contributed by atoms with Gasteiger partial charge in [-0.3, -0.25) is 15.0 Å². The lowest BCUT2D eigenvalue weighted by atomic mass is 10.0. The monoisotopic (exact) mass is 527 g/mol. The number of guanidine groups is 1. The first kappa shape index (κ1) is 24.5. The van der Waals surface area contributed by atoms with Crippen LogP contribution in [0.5, 0.6) is 0 Å². The highest BCUT2D eigenvalue weighted by molar-refractivity contribution is 14.0. The molecule has 166 valence electrons. The van der Waals surface area contributed by atoms with Crippen LogP contribution in [0, 0.1) is 5.92 Å². The maximum Gasteiger partial charge on any atom is 0.191 e. The van der Waals surface area contributed by atoms with Gasteiger partial charge < -0.3 is 15.4 Å². The molecule has 1 saturated heterocycles. The summed E-state index contributed by atoms with van der Waals surface area (Å²) in [7, 11) is 1.81. The van der Waals surface area contributed by atoms with Crippen LogP contribution < -0.4 is 10.6 Å². The van der Waals surface area contributed by atoms with E-state index in [2.05, 4.69) is 61.7 Å². The second-order valence-corrected chi connectivity index (χ2v) is 7.77. The number of hydrogen-bond donors (Lipinski definition) is 3. The molecular formula is C21H34IN7O. The molecule has 1 fully saturated rings. The maximum absolute atomic E-state index is 5.52. The quantitative estimate of drug-likeness (QED) is 0.278. The summed E-state index contributed by atoms with van der Waals surface area (Å²) in [6, 6.07) is 8.73. The standard InChI is InChI=1S/C21H33N7O.HI/c1-16(2)11-19(28-7-9-29-10-8-28)14-24-21(22-3)23-13-17-5-4-6-18(12-17)20-25-15-26-27-20;/h4-6,12,15-16,19H,7-11,13-14H2,1-3H3,(H2,22,23,24)(H,25,26,27);1H. The number of hydrogen-bond acceptors (Lipinski definition) is 5. The Hall–Kier alpha value is -1.72. The summed E-state index contributed by atoms with van der Waals surface area (Å²) in [5.41, 5.74) is 2.18. The number of morpholine rings is 1. The number of benzene rings is 1. The molecule has 9 heteroatoms. The van der Waals surface area contributed by atoms with Crippen molar-refractivity contribution in [2.45, 2.75) is 32.9 Å². The van der Waals surface area contributed by atoms with Crippen molar-refractivity contribution in [1.82, 2.24) is 30.7 Å². The van der Waals surface area contributed by atoms with Crippen LogP contribution in [-0.4, -0.2) is 72.0 Å². The number of halogens is 1. The Morgan fingerprint density at radius 1 is 1.27 bits per heavy atom. The minimum atomic E-state index is 0. The second-order valence-electron chi connectivity index (χ2n) is 7.77. The van der Waals surface area contributed by atoms with Gasteiger partial charge in [0.1, 0.15) is 6.33 Å². The summed E-state index contributed by atoms with van der Waals surface area (Å²) >= 11 is 0. The highest BCUT2D eigenvalue weighted by Crippen LogP contribution is 2.15. The molecule has 1 aliphatic rings. The fourth-order valence-corrected chi connectivity index (χ4v) is 3.64. The van der Waals surface area contributed by atoms with Gasteiger partial charge in [0, 0.05) is 44.8 Å². The lowest BCUT2D eigenvalue weighted by molar-refractivity contribution is 0.0132. The van der Waals surface area contributed by atoms with Crippen LogP contribution in [0.4, 0.5) is 0 Å². The Morgan fingerprint density at radius 3 is 2.73 bits per heavy atom. The number of aromatic amines is 1. The van der Waals surface area contributed by atoms with E-state index in [1.807, 2.05) is 19.2 Å². The van der Waals surface area contributed by atoms with Gasteiger partial charge in [-0.2, -0.15) is 5.10 Å². The molecule has 0 amide bonds. The predicted octanol–water partition coefficient (Wildman–Crippen LogP) is 2.50. The van der Waals surface area contributed by atoms with Crippen molar-refractivity contribution in [2.24, 2.45) is 10.9 Å². The fourth-order valence-electron chi connectivity index (χ4n) is 3.64. The minimum Gasteiger partial charge on any atom is -0.379 e. The van der Waals surface area contributed by atoms with Crippen LogP contribution in [0.15, 0.2) is 35.6 Å². The van der Waals surface area contributed by atoms with Crippen LogP contribution in [0.2, 0.25) is 0 Å². The molecule has 0 radical (unpaired) electrons. The zero-order valence-electron chi connectivity index (χ0n) is 18.1. The average molecular weight is 527 g/mol. The molecule has 1 aromatic carbocycles. The second kappa shape index (κ2) is 12.9. The van der Waals surface area contributed by atoms with E-state index in [1.54, 1.807) is 0 Å². The molecule has 8 nitrogen and oxygen atoms in total. The Bertz CT molecular complexity index is 760. The van der Waals surface area contributed by atoms with Gasteiger partial charge in [-0.05, 0) is 24.0 Å². The van der Waals surface area contributed by atoms with Crippen LogP contribution >= 0.6 is 24.0 Å². The van der Waals surface area contributed by atoms with E-state index in [-0.39, 0.29) is 24.0 Å². The van der Waals surface area contributed by atoms with Crippen molar-refractivity contribution in [2.75, 3.05) is 39.9 Å². The summed E-state index contributed by atoms with van der Waals surface area (Å²) < 4.78 is 5.52. The normalized spacial score (nSPS) is 16.2. The maximum atomic E-state index is 5.52. The molecule has 2 heterocycles. The first-order valence-corrected chi connectivity index (χ1v) is 10.4. The van der Waals surface area contributed by atoms with E-state index in [0.717, 1.165) is 62.2 Å². The Balaban J connectivity index is 0.00000320. The number of H-pyrrole nitrogens is 1. The zero-order chi connectivity index (χ0) is 20.5. The van der Waals surface area contributed by atoms with Gasteiger partial charge in [-0.15, -0.1) is 24.0 Å². The first-order valence-electron chi connectivity index (χ1n) is 10.4. The number of nitrogens with one attached hydrogen (secondary N) is 3. The molecule has 1 aliphatic heterocycles. The molecule has 0 aliphatic carbocycles. The van der Waals surface area contributed by atoms with Crippen LogP contribution in [0.3, 0.4) is 0 Å². The molecular weight excluding hydrogens is 493 g/mol. The van der Waals surface area contributed by atoms with E-state index >= 15 is 0 Å². The summed E-state index contributed by atoms with van der Waals surface area (Å²) in [5, 5.41) is 13.8. The Kier molecular flexibility index (Phi) is 10.5. The smallest absolute Gasteiger partial charge is 0.191 e. The molecule has 1 unspecified atom stereocenters. The first-order chi connectivity index (χ1) is 14.2. The van der Waals surface area contributed by atoms with Crippen molar-refractivity contribution in [3.8, 4) is 11.4 Å². The van der Waals surface area contributed by atoms with Crippen molar-refractivity contribution in [3.63, 3.8) is 0 Å². The van der Waals surface area contributed by atoms with Crippen molar-refractivity contribution in [3.05, 3.63) is 36.2 Å². The molecule has 0 saturated carbocycles. The van der Waals surface area contributed by atoms with Crippen LogP contribution in [0.1, 0.15) is 25.8 Å². The van der Waals surface area contributed by atoms with Gasteiger partial charge in [-0.1, -0.05) is 32.0 Å². The summed E-state index contributed by atoms with van der Waals surface area (Å²) in [5.74, 6) is 2.24. The number of nitrogens with zero attached hydrogens (tertiary/aromatic N) is 4. The van der Waals surface area contributed by atoms with Gasteiger partial charge in [0.05, 0.1) is 13.2 Å². The summed E-state index contributed by atoms with van der Waals surface area (Å²) in [6.07, 6.45) is 2.68. The SMILES string of the molecule is CN=C(NCc1cccc(-c2ncn[nH]2)c1)NCC(CC(C)C)N1CCOCC1.I. The van der Waals surface area contributed by atoms with E-state index in [0.29, 0.717) is 18.5 Å². The molecule has 1 atom stereocenters. The van der Waals surface area contributed by atoms with Crippen molar-refractivity contribution in [1.29, 1.82) is 0 Å². The Morgan fingerprint density at radius 2 is 2.07 bits per heavy atom. The topological polar surface area (TPSA) is 90.5 Å². The average Bonchev–Trinajstić information content (AvgIpc) is 3.28. The fraction of sp³-hybridized carbons (Fsp3) is 0.571. The van der Waals surface area contributed by atoms with E-state index < -0.39 is 0 Å². The van der Waals surface area contributed by atoms with E-state index in [4.69, 9.17) is 4.74 Å². The molecule has 0 bridgehead atoms. The lowest BCUT2D eigenvalue weighted by Crippen LogP contribution is -2.50. The van der Waals surface area contributed by atoms with Gasteiger partial charge in [0.25, 0.3) is 0 Å².